The molecule has 136 valence electrons. The summed E-state index contributed by atoms with van der Waals surface area (Å²) < 4.78 is 5.93. The number of carbonyl (C=O) groups excluding carboxylic acids is 1. The van der Waals surface area contributed by atoms with Crippen molar-refractivity contribution in [2.75, 3.05) is 32.8 Å². The second-order valence-corrected chi connectivity index (χ2v) is 8.36. The summed E-state index contributed by atoms with van der Waals surface area (Å²) in [5.41, 5.74) is 5.49. The predicted molar refractivity (Wildman–Crippen MR) is 95.4 cm³/mol. The van der Waals surface area contributed by atoms with E-state index < -0.39 is 0 Å². The Morgan fingerprint density at radius 1 is 1.09 bits per heavy atom. The van der Waals surface area contributed by atoms with E-state index >= 15 is 0 Å². The third-order valence-corrected chi connectivity index (χ3v) is 4.58. The first-order valence-corrected chi connectivity index (χ1v) is 8.95. The lowest BCUT2D eigenvalue weighted by molar-refractivity contribution is -0.135. The maximum atomic E-state index is 12.4. The lowest BCUT2D eigenvalue weighted by Gasteiger charge is -2.37. The van der Waals surface area contributed by atoms with E-state index in [4.69, 9.17) is 10.5 Å². The lowest BCUT2D eigenvalue weighted by Crippen LogP contribution is -2.50. The van der Waals surface area contributed by atoms with E-state index in [0.717, 1.165) is 39.0 Å². The summed E-state index contributed by atoms with van der Waals surface area (Å²) >= 11 is 0. The molecular weight excluding hydrogens is 290 g/mol. The summed E-state index contributed by atoms with van der Waals surface area (Å²) in [6.45, 7) is 16.8. The molecule has 0 saturated carbocycles. The van der Waals surface area contributed by atoms with Crippen molar-refractivity contribution in [2.45, 2.75) is 78.0 Å². The first-order valence-electron chi connectivity index (χ1n) is 8.95. The van der Waals surface area contributed by atoms with Gasteiger partial charge < -0.3 is 15.4 Å². The molecule has 0 radical (unpaired) electrons. The van der Waals surface area contributed by atoms with Crippen LogP contribution in [-0.4, -0.2) is 65.7 Å². The summed E-state index contributed by atoms with van der Waals surface area (Å²) in [6.07, 6.45) is 2.13. The second-order valence-electron chi connectivity index (χ2n) is 8.36. The topological polar surface area (TPSA) is 58.8 Å². The minimum Gasteiger partial charge on any atom is -0.375 e. The van der Waals surface area contributed by atoms with E-state index in [9.17, 15) is 4.79 Å². The van der Waals surface area contributed by atoms with Gasteiger partial charge in [0.05, 0.1) is 5.60 Å². The number of nitrogens with zero attached hydrogens (tertiary/aromatic N) is 2. The third-order valence-electron chi connectivity index (χ3n) is 4.58. The Hall–Kier alpha value is -0.650. The smallest absolute Gasteiger partial charge is 0.222 e. The molecule has 1 aliphatic heterocycles. The highest BCUT2D eigenvalue weighted by molar-refractivity contribution is 5.76. The van der Waals surface area contributed by atoms with Gasteiger partial charge in [-0.3, -0.25) is 9.69 Å². The van der Waals surface area contributed by atoms with Gasteiger partial charge in [0.25, 0.3) is 0 Å². The third kappa shape index (κ3) is 8.13. The number of rotatable bonds is 8. The number of nitrogens with two attached hydrogens (primary N) is 1. The van der Waals surface area contributed by atoms with Crippen LogP contribution in [0.4, 0.5) is 0 Å². The summed E-state index contributed by atoms with van der Waals surface area (Å²) in [6, 6.07) is 0.561. The van der Waals surface area contributed by atoms with E-state index in [1.807, 2.05) is 18.7 Å². The normalized spacial score (nSPS) is 17.8. The molecule has 23 heavy (non-hydrogen) atoms. The van der Waals surface area contributed by atoms with Crippen LogP contribution >= 0.6 is 0 Å². The summed E-state index contributed by atoms with van der Waals surface area (Å²) in [5.74, 6) is 0.254. The minimum absolute atomic E-state index is 0.206. The van der Waals surface area contributed by atoms with Crippen LogP contribution in [0.25, 0.3) is 0 Å². The summed E-state index contributed by atoms with van der Waals surface area (Å²) in [7, 11) is 0. The van der Waals surface area contributed by atoms with Crippen LogP contribution in [-0.2, 0) is 9.53 Å². The van der Waals surface area contributed by atoms with Gasteiger partial charge in [0.1, 0.15) is 0 Å². The number of amides is 1. The van der Waals surface area contributed by atoms with Gasteiger partial charge in [-0.1, -0.05) is 0 Å². The number of hydrogen-bond donors (Lipinski definition) is 1. The van der Waals surface area contributed by atoms with Gasteiger partial charge in [-0.15, -0.1) is 0 Å². The fourth-order valence-corrected chi connectivity index (χ4v) is 2.72. The van der Waals surface area contributed by atoms with E-state index in [1.54, 1.807) is 0 Å². The molecule has 2 N–H and O–H groups in total. The zero-order valence-electron chi connectivity index (χ0n) is 16.0. The van der Waals surface area contributed by atoms with Crippen LogP contribution in [0.1, 0.15) is 60.8 Å². The molecule has 5 nitrogen and oxygen atoms in total. The zero-order chi connectivity index (χ0) is 17.7. The largest absolute Gasteiger partial charge is 0.375 e. The van der Waals surface area contributed by atoms with Crippen molar-refractivity contribution in [1.29, 1.82) is 0 Å². The van der Waals surface area contributed by atoms with E-state index in [0.29, 0.717) is 19.1 Å². The van der Waals surface area contributed by atoms with Crippen LogP contribution < -0.4 is 5.73 Å². The first-order chi connectivity index (χ1) is 10.5. The molecule has 0 bridgehead atoms. The Morgan fingerprint density at radius 3 is 2.13 bits per heavy atom. The van der Waals surface area contributed by atoms with Crippen molar-refractivity contribution >= 4 is 5.91 Å². The molecule has 0 aromatic rings. The lowest BCUT2D eigenvalue weighted by atomic mass is 10.0. The van der Waals surface area contributed by atoms with Crippen LogP contribution in [0.3, 0.4) is 0 Å². The van der Waals surface area contributed by atoms with Gasteiger partial charge in [0, 0.05) is 50.8 Å². The van der Waals surface area contributed by atoms with Crippen LogP contribution in [0.15, 0.2) is 0 Å². The summed E-state index contributed by atoms with van der Waals surface area (Å²) in [4.78, 5) is 16.8. The molecule has 0 aromatic heterocycles. The van der Waals surface area contributed by atoms with Gasteiger partial charge in [0.15, 0.2) is 0 Å². The van der Waals surface area contributed by atoms with E-state index in [1.165, 1.54) is 0 Å². The highest BCUT2D eigenvalue weighted by Gasteiger charge is 2.25. The molecule has 0 aromatic carbocycles. The molecule has 1 amide bonds. The highest BCUT2D eigenvalue weighted by atomic mass is 16.5. The molecule has 1 rings (SSSR count). The van der Waals surface area contributed by atoms with E-state index in [-0.39, 0.29) is 17.0 Å². The number of carbonyl (C=O) groups is 1. The number of ether oxygens (including phenoxy) is 1. The van der Waals surface area contributed by atoms with Gasteiger partial charge in [0.2, 0.25) is 5.91 Å². The first kappa shape index (κ1) is 20.4. The maximum Gasteiger partial charge on any atom is 0.222 e. The van der Waals surface area contributed by atoms with Gasteiger partial charge >= 0.3 is 0 Å². The average molecular weight is 328 g/mol. The zero-order valence-corrected chi connectivity index (χ0v) is 16.0. The Balaban J connectivity index is 2.29. The molecule has 0 unspecified atom stereocenters. The van der Waals surface area contributed by atoms with Gasteiger partial charge in [-0.05, 0) is 54.4 Å². The highest BCUT2D eigenvalue weighted by Crippen LogP contribution is 2.19. The fourth-order valence-electron chi connectivity index (χ4n) is 2.72. The van der Waals surface area contributed by atoms with E-state index in [2.05, 4.69) is 32.6 Å². The molecule has 5 heteroatoms. The van der Waals surface area contributed by atoms with Crippen molar-refractivity contribution in [3.8, 4) is 0 Å². The SMILES string of the molecule is CC(C)N1CCN(C(=O)CCC(C)(C)OCCC(C)(C)N)CC1. The van der Waals surface area contributed by atoms with Crippen LogP contribution in [0.2, 0.25) is 0 Å². The second kappa shape index (κ2) is 8.45. The number of piperazine rings is 1. The average Bonchev–Trinajstić information content (AvgIpc) is 2.43. The monoisotopic (exact) mass is 327 g/mol. The minimum atomic E-state index is -0.277. The maximum absolute atomic E-state index is 12.4. The van der Waals surface area contributed by atoms with Crippen molar-refractivity contribution in [3.63, 3.8) is 0 Å². The molecule has 1 fully saturated rings. The Morgan fingerprint density at radius 2 is 1.65 bits per heavy atom. The van der Waals surface area contributed by atoms with Crippen molar-refractivity contribution in [1.82, 2.24) is 9.80 Å². The standard InChI is InChI=1S/C18H37N3O2/c1-15(2)20-10-12-21(13-11-20)16(22)7-8-18(5,6)23-14-9-17(3,4)19/h15H,7-14,19H2,1-6H3. The fraction of sp³-hybridized carbons (Fsp3) is 0.944. The summed E-state index contributed by atoms with van der Waals surface area (Å²) in [5, 5.41) is 0. The molecular formula is C18H37N3O2. The molecule has 0 spiro atoms. The molecule has 0 aliphatic carbocycles. The molecule has 1 heterocycles. The Kier molecular flexibility index (Phi) is 7.49. The Labute approximate surface area is 142 Å². The van der Waals surface area contributed by atoms with Crippen molar-refractivity contribution < 1.29 is 9.53 Å². The number of hydrogen-bond acceptors (Lipinski definition) is 4. The van der Waals surface area contributed by atoms with Crippen molar-refractivity contribution in [2.24, 2.45) is 5.73 Å². The van der Waals surface area contributed by atoms with Crippen LogP contribution in [0, 0.1) is 0 Å². The van der Waals surface area contributed by atoms with Gasteiger partial charge in [-0.2, -0.15) is 0 Å². The van der Waals surface area contributed by atoms with Crippen LogP contribution in [0.5, 0.6) is 0 Å². The molecule has 1 aliphatic rings. The van der Waals surface area contributed by atoms with Gasteiger partial charge in [-0.25, -0.2) is 0 Å². The molecule has 1 saturated heterocycles. The quantitative estimate of drug-likeness (QED) is 0.743. The van der Waals surface area contributed by atoms with Crippen molar-refractivity contribution in [3.05, 3.63) is 0 Å². The molecule has 0 atom stereocenters. The predicted octanol–water partition coefficient (Wildman–Crippen LogP) is 2.24. The Bertz CT molecular complexity index is 367.